The van der Waals surface area contributed by atoms with Gasteiger partial charge in [-0.05, 0) is 82.1 Å². The van der Waals surface area contributed by atoms with E-state index in [1.165, 1.54) is 77.5 Å². The van der Waals surface area contributed by atoms with Crippen molar-refractivity contribution in [1.29, 1.82) is 0 Å². The third-order valence-electron chi connectivity index (χ3n) is 20.2. The van der Waals surface area contributed by atoms with Gasteiger partial charge in [0.2, 0.25) is 28.6 Å². The van der Waals surface area contributed by atoms with Crippen LogP contribution in [-0.4, -0.2) is 165 Å². The molecule has 4 aliphatic heterocycles. The van der Waals surface area contributed by atoms with Crippen molar-refractivity contribution in [3.8, 4) is 11.5 Å². The lowest BCUT2D eigenvalue weighted by Crippen LogP contribution is -2.54. The number of amides is 9. The number of rotatable bonds is 22. The fraction of sp³-hybridized carbons (Fsp3) is 0.481. The first kappa shape index (κ1) is 81.2. The number of hydrogen-bond donors (Lipinski definition) is 11. The van der Waals surface area contributed by atoms with Gasteiger partial charge in [0.05, 0.1) is 35.2 Å². The van der Waals surface area contributed by atoms with Gasteiger partial charge in [-0.15, -0.1) is 0 Å². The average Bonchev–Trinajstić information content (AvgIpc) is 1.39. The van der Waals surface area contributed by atoms with E-state index in [2.05, 4.69) is 31.9 Å². The third kappa shape index (κ3) is 18.7. The van der Waals surface area contributed by atoms with Crippen molar-refractivity contribution in [1.82, 2.24) is 31.2 Å². The number of methoxy groups -OCH3 is 1. The minimum absolute atomic E-state index is 0.00989. The van der Waals surface area contributed by atoms with Gasteiger partial charge in [-0.1, -0.05) is 78.3 Å². The van der Waals surface area contributed by atoms with Gasteiger partial charge >= 0.3 is 23.9 Å². The minimum Gasteiger partial charge on any atom is -0.507 e. The molecule has 1 fully saturated rings. The number of unbranched alkanes of at least 4 members (excludes halogenated alkanes) is 2. The maximum Gasteiger partial charge on any atom is 0.407 e. The average molecular weight is 1500 g/mol. The van der Waals surface area contributed by atoms with E-state index in [1.807, 2.05) is 4.90 Å². The van der Waals surface area contributed by atoms with Crippen molar-refractivity contribution in [2.75, 3.05) is 48.8 Å². The number of urea groups is 1. The number of imide groups is 1. The summed E-state index contributed by atoms with van der Waals surface area (Å²) < 4.78 is 36.3. The highest BCUT2D eigenvalue weighted by Crippen LogP contribution is 2.43. The molecule has 31 heteroatoms. The number of ether oxygens (including phenoxy) is 5. The molecule has 4 aliphatic rings. The van der Waals surface area contributed by atoms with Gasteiger partial charge in [0.25, 0.3) is 17.7 Å². The van der Waals surface area contributed by atoms with Gasteiger partial charge in [-0.2, -0.15) is 0 Å². The van der Waals surface area contributed by atoms with Crippen LogP contribution in [0.2, 0.25) is 0 Å². The second kappa shape index (κ2) is 35.2. The number of fused-ring (bicyclic) bond motifs is 2. The zero-order chi connectivity index (χ0) is 78.7. The quantitative estimate of drug-likeness (QED) is 0.0125. The number of aliphatic hydroxyl groups is 3. The smallest absolute Gasteiger partial charge is 0.407 e. The summed E-state index contributed by atoms with van der Waals surface area (Å²) in [6.07, 6.45) is 7.51. The number of nitrogens with one attached hydrogen (secondary N) is 6. The lowest BCUT2D eigenvalue weighted by molar-refractivity contribution is -0.160. The molecule has 31 nitrogen and oxygen atoms in total. The van der Waals surface area contributed by atoms with E-state index >= 15 is 4.79 Å². The number of phenolic OH excluding ortho intramolecular Hbond substituents is 1. The first-order chi connectivity index (χ1) is 51.2. The van der Waals surface area contributed by atoms with Crippen molar-refractivity contribution in [3.05, 3.63) is 121 Å². The predicted octanol–water partition coefficient (Wildman–Crippen LogP) is 5.95. The van der Waals surface area contributed by atoms with Crippen LogP contribution in [0.1, 0.15) is 125 Å². The fourth-order valence-electron chi connectivity index (χ4n) is 13.8. The predicted molar refractivity (Wildman–Crippen MR) is 398 cm³/mol. The molecule has 4 aromatic carbocycles. The van der Waals surface area contributed by atoms with E-state index in [9.17, 15) is 68.4 Å². The lowest BCUT2D eigenvalue weighted by Gasteiger charge is -2.38. The molecule has 1 aromatic heterocycles. The summed E-state index contributed by atoms with van der Waals surface area (Å²) in [6, 6.07) is 6.08. The first-order valence-corrected chi connectivity index (χ1v) is 36.1. The van der Waals surface area contributed by atoms with Crippen molar-refractivity contribution in [2.45, 2.75) is 176 Å². The molecular weight excluding hydrogens is 1400 g/mol. The number of esters is 1. The van der Waals surface area contributed by atoms with Crippen LogP contribution in [-0.2, 0) is 59.1 Å². The van der Waals surface area contributed by atoms with Gasteiger partial charge in [-0.25, -0.2) is 14.6 Å². The molecule has 580 valence electrons. The number of benzene rings is 4. The number of anilines is 3. The van der Waals surface area contributed by atoms with Crippen LogP contribution < -0.4 is 63.3 Å². The van der Waals surface area contributed by atoms with Crippen molar-refractivity contribution in [2.24, 2.45) is 35.3 Å². The molecule has 0 radical (unpaired) electrons. The Morgan fingerprint density at radius 2 is 1.54 bits per heavy atom. The number of allylic oxidation sites excluding steroid dienone is 2. The van der Waals surface area contributed by atoms with Crippen LogP contribution in [0.15, 0.2) is 98.7 Å². The van der Waals surface area contributed by atoms with Crippen molar-refractivity contribution >= 4 is 109 Å². The van der Waals surface area contributed by atoms with E-state index in [4.69, 9.17) is 38.8 Å². The number of carbonyl (C=O) groups excluding carboxylic acids is 9. The topological polar surface area (TPSA) is 446 Å². The van der Waals surface area contributed by atoms with Gasteiger partial charge in [0, 0.05) is 135 Å². The molecule has 11 atom stereocenters. The Morgan fingerprint density at radius 3 is 2.19 bits per heavy atom. The van der Waals surface area contributed by atoms with Gasteiger partial charge in [0.15, 0.2) is 22.4 Å². The molecule has 9 rings (SSSR count). The number of hydrogen-bond acceptors (Lipinski definition) is 23. The number of alkyl carbamates (subject to hydrolysis) is 1. The van der Waals surface area contributed by atoms with Gasteiger partial charge in [-0.3, -0.25) is 48.1 Å². The minimum atomic E-state index is -2.07. The second-order valence-electron chi connectivity index (χ2n) is 28.5. The summed E-state index contributed by atoms with van der Waals surface area (Å²) in [5, 5.41) is 63.3. The first-order valence-electron chi connectivity index (χ1n) is 36.1. The number of aromatic hydroxyl groups is 1. The van der Waals surface area contributed by atoms with Gasteiger partial charge < -0.3 is 91.1 Å². The maximum absolute atomic E-state index is 15.2. The number of nitrogens with two attached hydrogens (primary N) is 1. The Morgan fingerprint density at radius 1 is 0.843 bits per heavy atom. The summed E-state index contributed by atoms with van der Waals surface area (Å²) in [5.41, 5.74) is 3.65. The van der Waals surface area contributed by atoms with E-state index in [-0.39, 0.29) is 112 Å². The summed E-state index contributed by atoms with van der Waals surface area (Å²) in [7, 11) is 1.42. The Kier molecular flexibility index (Phi) is 26.5. The van der Waals surface area contributed by atoms with Crippen molar-refractivity contribution in [3.63, 3.8) is 0 Å². The molecule has 4 bridgehead atoms. The van der Waals surface area contributed by atoms with Crippen LogP contribution in [0, 0.1) is 36.5 Å². The Balaban J connectivity index is 0.891. The van der Waals surface area contributed by atoms with Crippen LogP contribution in [0.3, 0.4) is 0 Å². The largest absolute Gasteiger partial charge is 0.507 e. The molecule has 5 aromatic rings. The molecule has 0 aliphatic carbocycles. The zero-order valence-corrected chi connectivity index (χ0v) is 62.3. The zero-order valence-electron chi connectivity index (χ0n) is 62.3. The van der Waals surface area contributed by atoms with Crippen LogP contribution >= 0.6 is 0 Å². The van der Waals surface area contributed by atoms with Crippen LogP contribution in [0.5, 0.6) is 11.5 Å². The highest BCUT2D eigenvalue weighted by molar-refractivity contribution is 6.17. The number of aliphatic hydroxyl groups excluding tert-OH is 3. The van der Waals surface area contributed by atoms with Crippen molar-refractivity contribution < 1.29 is 91.7 Å². The summed E-state index contributed by atoms with van der Waals surface area (Å²) >= 11 is 0. The molecule has 108 heavy (non-hydrogen) atoms. The highest BCUT2D eigenvalue weighted by Gasteiger charge is 2.45. The normalized spacial score (nSPS) is 23.0. The standard InChI is InChI=1S/C77H96N10O21/c1-38(2)60(83-54(90)20-13-12-14-31-87-55(91)25-26-56(87)92)74(100)82-50(19-16-30-79-75(78)101)73(99)80-47-23-21-46(22-24-47)37-104-76(102)81-48-27-32-86(33-28-48)49-35-51(89)61-53(36-49)107-70-62(84-61)57-58-66(95)44(8)69-59(57)71(97)77(10,108-69)105-34-29-52(103-11)41(5)68(106-45(9)88)43(7)65(94)42(6)64(93)39(3)17-15-18-40(4)72(98)85-63(70)67(58)96/h15,17-18,21-26,29,34-36,38-39,41-43,48,50,52,60,64-65,68,93-95,97H,12-14,16,19-20,27-28,30-33,37H2,1-11H3,(H,80,99)(H,81,102)(H,82,100)(H,83,90)(H,85,98)(H3,78,79,101)/b17-15?,34-29+,40-18?/t39-,41+,42+,43+,50-,52-,60-,64-,65+,68+,77-/m0/s1. The number of aromatic nitrogens is 1. The number of nitrogens with zero attached hydrogens (tertiary/aromatic N) is 3. The SMILES string of the molecule is CO[C@H]1/C=C/O[C@@]2(C)Oc3c(C)c(O)c4c(=O)c(c5oc6cc(N7CCC(NC(=O)OCc8ccc(NC(=O)[C@H](CCCNC(N)=O)NC(=O)[C@@H](NC(=O)CCCCCN9C(=O)C=CC9=O)C(C)C)cc8)CC7)cc(=O)c6nc5c4c3=C2O)NC(=O)C(C)=CC=C[C@H](C)[C@H](O)[C@@H](C)[C@@H](O)[C@@H](C)[C@H](OC(C)=O)[C@@H]1C. The van der Waals surface area contributed by atoms with E-state index in [0.29, 0.717) is 62.1 Å². The molecule has 5 heterocycles. The molecule has 0 unspecified atom stereocenters. The molecule has 12 N–H and O–H groups in total. The number of carbonyl (C=O) groups is 9. The number of phenols is 1. The van der Waals surface area contributed by atoms with E-state index < -0.39 is 141 Å². The molecule has 0 spiro atoms. The number of piperidine rings is 1. The summed E-state index contributed by atoms with van der Waals surface area (Å²) in [5.74, 6) is -10.3. The second-order valence-corrected chi connectivity index (χ2v) is 28.5. The van der Waals surface area contributed by atoms with Gasteiger partial charge in [0.1, 0.15) is 47.5 Å². The Hall–Kier alpha value is -10.9. The van der Waals surface area contributed by atoms with Crippen LogP contribution in [0.25, 0.3) is 38.7 Å². The molecular formula is C77H96N10O21. The van der Waals surface area contributed by atoms with E-state index in [1.54, 1.807) is 78.0 Å². The fourth-order valence-corrected chi connectivity index (χ4v) is 13.8. The molecule has 9 amide bonds. The molecule has 0 saturated carbocycles. The highest BCUT2D eigenvalue weighted by atomic mass is 16.7. The Bertz CT molecular complexity index is 4590. The molecule has 1 saturated heterocycles. The monoisotopic (exact) mass is 1500 g/mol. The maximum atomic E-state index is 15.2. The van der Waals surface area contributed by atoms with Crippen LogP contribution in [0.4, 0.5) is 26.7 Å². The number of primary amides is 1. The van der Waals surface area contributed by atoms with E-state index in [0.717, 1.165) is 4.90 Å². The summed E-state index contributed by atoms with van der Waals surface area (Å²) in [4.78, 5) is 153. The Labute approximate surface area is 622 Å². The summed E-state index contributed by atoms with van der Waals surface area (Å²) in [6.45, 7) is 16.7. The lowest BCUT2D eigenvalue weighted by atomic mass is 9.78. The third-order valence-corrected chi connectivity index (χ3v) is 20.2.